The van der Waals surface area contributed by atoms with Crippen LogP contribution < -0.4 is 5.32 Å². The number of nitrogens with one attached hydrogen (secondary N) is 1. The molecule has 0 spiro atoms. The molecule has 0 radical (unpaired) electrons. The van der Waals surface area contributed by atoms with Gasteiger partial charge in [-0.15, -0.1) is 5.06 Å². The molecule has 5 nitrogen and oxygen atoms in total. The summed E-state index contributed by atoms with van der Waals surface area (Å²) in [7, 11) is 0. The summed E-state index contributed by atoms with van der Waals surface area (Å²) in [6, 6.07) is 0.696. The fourth-order valence-electron chi connectivity index (χ4n) is 2.49. The maximum atomic E-state index is 11.2. The van der Waals surface area contributed by atoms with Crippen molar-refractivity contribution in [1.29, 1.82) is 0 Å². The van der Waals surface area contributed by atoms with Crippen molar-refractivity contribution < 1.29 is 14.4 Å². The van der Waals surface area contributed by atoms with Crippen molar-refractivity contribution in [2.75, 3.05) is 19.7 Å². The molecule has 2 aliphatic rings. The first kappa shape index (κ1) is 10.7. The Labute approximate surface area is 89.7 Å². The second-order valence-electron chi connectivity index (χ2n) is 4.14. The molecule has 5 heteroatoms. The third kappa shape index (κ3) is 2.08. The maximum absolute atomic E-state index is 11.2. The molecule has 3 unspecified atom stereocenters. The number of rotatable bonds is 2. The van der Waals surface area contributed by atoms with E-state index in [1.807, 2.05) is 0 Å². The van der Waals surface area contributed by atoms with E-state index in [2.05, 4.69) is 12.2 Å². The number of hydrogen-bond acceptors (Lipinski definition) is 5. The van der Waals surface area contributed by atoms with Crippen molar-refractivity contribution in [1.82, 2.24) is 10.4 Å². The van der Waals surface area contributed by atoms with Crippen LogP contribution in [0.15, 0.2) is 0 Å². The quantitative estimate of drug-likeness (QED) is 0.688. The molecule has 0 bridgehead atoms. The van der Waals surface area contributed by atoms with Crippen LogP contribution in [0.4, 0.5) is 4.79 Å². The van der Waals surface area contributed by atoms with Gasteiger partial charge in [0.1, 0.15) is 0 Å². The smallest absolute Gasteiger partial charge is 0.433 e. The molecular weight excluding hydrogens is 196 g/mol. The van der Waals surface area contributed by atoms with Gasteiger partial charge >= 0.3 is 6.16 Å². The van der Waals surface area contributed by atoms with E-state index in [1.54, 1.807) is 12.0 Å². The van der Waals surface area contributed by atoms with E-state index in [-0.39, 0.29) is 6.04 Å². The van der Waals surface area contributed by atoms with Gasteiger partial charge in [-0.3, -0.25) is 0 Å². The molecule has 0 aromatic carbocycles. The monoisotopic (exact) mass is 214 g/mol. The number of fused-ring (bicyclic) bond motifs is 1. The standard InChI is InChI=1S/C10H18N2O3/c1-3-14-10(13)15-12-6-8-4-5-11-9(8)7(12)2/h7-9,11H,3-6H2,1-2H3. The van der Waals surface area contributed by atoms with Crippen molar-refractivity contribution in [2.45, 2.75) is 32.4 Å². The van der Waals surface area contributed by atoms with Gasteiger partial charge in [0, 0.05) is 12.6 Å². The predicted molar refractivity (Wildman–Crippen MR) is 54.2 cm³/mol. The molecule has 0 aromatic rings. The highest BCUT2D eigenvalue weighted by Gasteiger charge is 2.43. The first-order chi connectivity index (χ1) is 7.22. The molecule has 86 valence electrons. The minimum absolute atomic E-state index is 0.238. The van der Waals surface area contributed by atoms with Gasteiger partial charge in [-0.2, -0.15) is 0 Å². The molecule has 2 aliphatic heterocycles. The van der Waals surface area contributed by atoms with Crippen LogP contribution in [0.5, 0.6) is 0 Å². The van der Waals surface area contributed by atoms with Crippen LogP contribution in [0.2, 0.25) is 0 Å². The Balaban J connectivity index is 1.87. The Kier molecular flexibility index (Phi) is 3.11. The summed E-state index contributed by atoms with van der Waals surface area (Å²) in [6.07, 6.45) is 0.571. The summed E-state index contributed by atoms with van der Waals surface area (Å²) < 4.78 is 4.75. The molecule has 2 heterocycles. The van der Waals surface area contributed by atoms with Gasteiger partial charge in [-0.1, -0.05) is 0 Å². The normalized spacial score (nSPS) is 35.2. The molecule has 2 rings (SSSR count). The van der Waals surface area contributed by atoms with E-state index in [4.69, 9.17) is 9.57 Å². The highest BCUT2D eigenvalue weighted by Crippen LogP contribution is 2.29. The minimum atomic E-state index is -0.593. The fourth-order valence-corrected chi connectivity index (χ4v) is 2.49. The molecule has 1 N–H and O–H groups in total. The first-order valence-corrected chi connectivity index (χ1v) is 5.57. The van der Waals surface area contributed by atoms with Gasteiger partial charge in [0.2, 0.25) is 0 Å². The topological polar surface area (TPSA) is 50.8 Å². The van der Waals surface area contributed by atoms with Crippen LogP contribution in [0.1, 0.15) is 20.3 Å². The van der Waals surface area contributed by atoms with E-state index in [0.717, 1.165) is 19.5 Å². The molecule has 2 fully saturated rings. The largest absolute Gasteiger partial charge is 0.527 e. The molecule has 0 aromatic heterocycles. The summed E-state index contributed by atoms with van der Waals surface area (Å²) in [5.74, 6) is 0.606. The Morgan fingerprint density at radius 3 is 3.07 bits per heavy atom. The maximum Gasteiger partial charge on any atom is 0.527 e. The van der Waals surface area contributed by atoms with E-state index in [0.29, 0.717) is 18.6 Å². The molecule has 15 heavy (non-hydrogen) atoms. The Bertz CT molecular complexity index is 247. The van der Waals surface area contributed by atoms with Crippen molar-refractivity contribution >= 4 is 6.16 Å². The lowest BCUT2D eigenvalue weighted by Crippen LogP contribution is -2.40. The van der Waals surface area contributed by atoms with E-state index < -0.39 is 6.16 Å². The van der Waals surface area contributed by atoms with Crippen molar-refractivity contribution in [3.8, 4) is 0 Å². The van der Waals surface area contributed by atoms with Crippen LogP contribution >= 0.6 is 0 Å². The summed E-state index contributed by atoms with van der Waals surface area (Å²) >= 11 is 0. The van der Waals surface area contributed by atoms with Gasteiger partial charge in [-0.05, 0) is 32.7 Å². The van der Waals surface area contributed by atoms with E-state index in [9.17, 15) is 4.79 Å². The molecule has 0 amide bonds. The zero-order valence-corrected chi connectivity index (χ0v) is 9.23. The van der Waals surface area contributed by atoms with Gasteiger partial charge in [-0.25, -0.2) is 4.79 Å². The van der Waals surface area contributed by atoms with Gasteiger partial charge in [0.25, 0.3) is 0 Å². The lowest BCUT2D eigenvalue weighted by Gasteiger charge is -2.22. The van der Waals surface area contributed by atoms with Crippen LogP contribution in [-0.4, -0.2) is 43.0 Å². The number of hydrogen-bond donors (Lipinski definition) is 1. The highest BCUT2D eigenvalue weighted by molar-refractivity contribution is 5.59. The summed E-state index contributed by atoms with van der Waals surface area (Å²) in [5, 5.41) is 5.17. The summed E-state index contributed by atoms with van der Waals surface area (Å²) in [4.78, 5) is 16.3. The number of hydroxylamine groups is 2. The van der Waals surface area contributed by atoms with Crippen LogP contribution in [0.3, 0.4) is 0 Å². The average molecular weight is 214 g/mol. The zero-order valence-electron chi connectivity index (χ0n) is 9.23. The van der Waals surface area contributed by atoms with Crippen molar-refractivity contribution in [2.24, 2.45) is 5.92 Å². The van der Waals surface area contributed by atoms with Gasteiger partial charge in [0.15, 0.2) is 0 Å². The number of ether oxygens (including phenoxy) is 1. The summed E-state index contributed by atoms with van der Waals surface area (Å²) in [6.45, 7) is 6.09. The zero-order chi connectivity index (χ0) is 10.8. The number of nitrogens with zero attached hydrogens (tertiary/aromatic N) is 1. The molecule has 2 saturated heterocycles. The fraction of sp³-hybridized carbons (Fsp3) is 0.900. The van der Waals surface area contributed by atoms with Crippen molar-refractivity contribution in [3.63, 3.8) is 0 Å². The van der Waals surface area contributed by atoms with E-state index >= 15 is 0 Å². The average Bonchev–Trinajstić information content (AvgIpc) is 2.72. The van der Waals surface area contributed by atoms with Gasteiger partial charge < -0.3 is 14.9 Å². The minimum Gasteiger partial charge on any atom is -0.433 e. The molecule has 0 aliphatic carbocycles. The lowest BCUT2D eigenvalue weighted by molar-refractivity contribution is -0.136. The second kappa shape index (κ2) is 4.37. The SMILES string of the molecule is CCOC(=O)ON1CC2CCNC2C1C. The van der Waals surface area contributed by atoms with Crippen molar-refractivity contribution in [3.05, 3.63) is 0 Å². The number of carbonyl (C=O) groups excluding carboxylic acids is 1. The Morgan fingerprint density at radius 2 is 2.40 bits per heavy atom. The summed E-state index contributed by atoms with van der Waals surface area (Å²) in [5.41, 5.74) is 0. The predicted octanol–water partition coefficient (Wildman–Crippen LogP) is 0.757. The molecule has 3 atom stereocenters. The van der Waals surface area contributed by atoms with Crippen LogP contribution in [-0.2, 0) is 9.57 Å². The molecular formula is C10H18N2O3. The van der Waals surface area contributed by atoms with Crippen LogP contribution in [0, 0.1) is 5.92 Å². The van der Waals surface area contributed by atoms with E-state index in [1.165, 1.54) is 0 Å². The third-order valence-corrected chi connectivity index (χ3v) is 3.25. The highest BCUT2D eigenvalue weighted by atomic mass is 16.8. The van der Waals surface area contributed by atoms with Crippen LogP contribution in [0.25, 0.3) is 0 Å². The lowest BCUT2D eigenvalue weighted by atomic mass is 10.0. The molecule has 0 saturated carbocycles. The first-order valence-electron chi connectivity index (χ1n) is 5.57. The Morgan fingerprint density at radius 1 is 1.60 bits per heavy atom. The number of carbonyl (C=O) groups is 1. The Hall–Kier alpha value is -0.810. The third-order valence-electron chi connectivity index (χ3n) is 3.25. The van der Waals surface area contributed by atoms with Gasteiger partial charge in [0.05, 0.1) is 12.6 Å². The second-order valence-corrected chi connectivity index (χ2v) is 4.14.